The van der Waals surface area contributed by atoms with Crippen LogP contribution in [0.25, 0.3) is 0 Å². The lowest BCUT2D eigenvalue weighted by Gasteiger charge is -2.37. The van der Waals surface area contributed by atoms with E-state index in [4.69, 9.17) is 0 Å². The highest BCUT2D eigenvalue weighted by Gasteiger charge is 2.37. The Bertz CT molecular complexity index is 751. The van der Waals surface area contributed by atoms with Crippen molar-refractivity contribution in [1.29, 1.82) is 0 Å². The first-order valence-electron chi connectivity index (χ1n) is 7.57. The van der Waals surface area contributed by atoms with Crippen molar-refractivity contribution < 1.29 is 9.90 Å². The van der Waals surface area contributed by atoms with Crippen LogP contribution in [0.5, 0.6) is 0 Å². The van der Waals surface area contributed by atoms with Crippen molar-refractivity contribution in [3.05, 3.63) is 77.4 Å². The van der Waals surface area contributed by atoms with Crippen molar-refractivity contribution in [3.8, 4) is 0 Å². The summed E-state index contributed by atoms with van der Waals surface area (Å²) in [6.45, 7) is 0. The molecule has 0 spiro atoms. The van der Waals surface area contributed by atoms with Crippen molar-refractivity contribution >= 4 is 11.7 Å². The average molecular weight is 290 g/mol. The van der Waals surface area contributed by atoms with Crippen LogP contribution in [0.3, 0.4) is 0 Å². The van der Waals surface area contributed by atoms with Gasteiger partial charge in [-0.15, -0.1) is 0 Å². The number of fused-ring (bicyclic) bond motifs is 3. The highest BCUT2D eigenvalue weighted by molar-refractivity contribution is 5.87. The first-order chi connectivity index (χ1) is 10.7. The molecule has 0 radical (unpaired) electrons. The fourth-order valence-electron chi connectivity index (χ4n) is 3.71. The number of anilines is 1. The Morgan fingerprint density at radius 3 is 2.73 bits per heavy atom. The lowest BCUT2D eigenvalue weighted by Crippen LogP contribution is -2.30. The summed E-state index contributed by atoms with van der Waals surface area (Å²) in [4.78, 5) is 11.1. The molecule has 0 saturated heterocycles. The molecule has 0 aromatic heterocycles. The lowest BCUT2D eigenvalue weighted by atomic mass is 9.76. The van der Waals surface area contributed by atoms with E-state index < -0.39 is 5.97 Å². The Labute approximate surface area is 129 Å². The fourth-order valence-corrected chi connectivity index (χ4v) is 3.71. The zero-order chi connectivity index (χ0) is 15.1. The van der Waals surface area contributed by atoms with Crippen molar-refractivity contribution in [2.75, 3.05) is 5.32 Å². The van der Waals surface area contributed by atoms with Crippen LogP contribution in [0, 0.1) is 5.92 Å². The van der Waals surface area contributed by atoms with Crippen molar-refractivity contribution in [2.45, 2.75) is 18.4 Å². The second-order valence-electron chi connectivity index (χ2n) is 5.98. The van der Waals surface area contributed by atoms with Gasteiger partial charge < -0.3 is 15.2 Å². The number of allylic oxidation sites excluding steroid dienone is 2. The van der Waals surface area contributed by atoms with Gasteiger partial charge in [-0.1, -0.05) is 48.6 Å². The molecule has 0 amide bonds. The lowest BCUT2D eigenvalue weighted by molar-refractivity contribution is -0.255. The number of carbonyl (C=O) groups is 1. The number of hydrogen-bond acceptors (Lipinski definition) is 3. The standard InChI is InChI=1S/C19H17NO2/c21-19(22)13-9-10-17-16(11-13)14-7-4-8-15(14)18(20-17)12-5-2-1-3-6-12/h1-7,9-11,14-15,18,20H,8H2,(H,21,22)/p-1/t14-,15+,18+/m0/s1. The van der Waals surface area contributed by atoms with Crippen LogP contribution in [0.2, 0.25) is 0 Å². The SMILES string of the molecule is O=C([O-])c1ccc2c(c1)[C@H]1C=CC[C@H]1[C@@H](c1ccccc1)N2. The zero-order valence-electron chi connectivity index (χ0n) is 12.0. The Kier molecular flexibility index (Phi) is 3.00. The summed E-state index contributed by atoms with van der Waals surface area (Å²) in [7, 11) is 0. The minimum absolute atomic E-state index is 0.248. The van der Waals surface area contributed by atoms with Crippen LogP contribution in [-0.2, 0) is 0 Å². The smallest absolute Gasteiger partial charge is 0.0715 e. The van der Waals surface area contributed by atoms with E-state index in [1.807, 2.05) is 12.1 Å². The molecule has 1 N–H and O–H groups in total. The van der Waals surface area contributed by atoms with Gasteiger partial charge in [0.25, 0.3) is 0 Å². The summed E-state index contributed by atoms with van der Waals surface area (Å²) < 4.78 is 0. The second-order valence-corrected chi connectivity index (χ2v) is 5.98. The first-order valence-corrected chi connectivity index (χ1v) is 7.57. The molecular weight excluding hydrogens is 274 g/mol. The van der Waals surface area contributed by atoms with E-state index in [9.17, 15) is 9.90 Å². The van der Waals surface area contributed by atoms with Crippen LogP contribution >= 0.6 is 0 Å². The molecular formula is C19H16NO2-. The zero-order valence-corrected chi connectivity index (χ0v) is 12.0. The number of benzene rings is 2. The molecule has 0 saturated carbocycles. The van der Waals surface area contributed by atoms with Gasteiger partial charge in [-0.25, -0.2) is 0 Å². The fraction of sp³-hybridized carbons (Fsp3) is 0.211. The Morgan fingerprint density at radius 2 is 1.95 bits per heavy atom. The van der Waals surface area contributed by atoms with Crippen LogP contribution in [0.4, 0.5) is 5.69 Å². The van der Waals surface area contributed by atoms with Gasteiger partial charge in [0.1, 0.15) is 0 Å². The highest BCUT2D eigenvalue weighted by atomic mass is 16.4. The first kappa shape index (κ1) is 13.1. The number of carbonyl (C=O) groups excluding carboxylic acids is 1. The summed E-state index contributed by atoms with van der Waals surface area (Å²) >= 11 is 0. The number of carboxylic acid groups (broad SMARTS) is 1. The Morgan fingerprint density at radius 1 is 1.14 bits per heavy atom. The molecule has 3 atom stereocenters. The summed E-state index contributed by atoms with van der Waals surface area (Å²) in [5.41, 5.74) is 3.60. The van der Waals surface area contributed by atoms with Gasteiger partial charge in [0, 0.05) is 11.6 Å². The number of carboxylic acids is 1. The van der Waals surface area contributed by atoms with Crippen molar-refractivity contribution in [2.24, 2.45) is 5.92 Å². The maximum atomic E-state index is 11.1. The second kappa shape index (κ2) is 5.02. The van der Waals surface area contributed by atoms with Crippen LogP contribution in [0.1, 0.15) is 39.9 Å². The van der Waals surface area contributed by atoms with Gasteiger partial charge >= 0.3 is 0 Å². The van der Waals surface area contributed by atoms with E-state index in [1.165, 1.54) is 5.56 Å². The summed E-state index contributed by atoms with van der Waals surface area (Å²) in [5.74, 6) is -0.431. The predicted molar refractivity (Wildman–Crippen MR) is 83.6 cm³/mol. The quantitative estimate of drug-likeness (QED) is 0.865. The number of aromatic carboxylic acids is 1. The third-order valence-electron chi connectivity index (χ3n) is 4.76. The molecule has 1 aliphatic heterocycles. The van der Waals surface area contributed by atoms with Gasteiger partial charge in [0.2, 0.25) is 0 Å². The molecule has 2 aromatic carbocycles. The Hall–Kier alpha value is -2.55. The number of nitrogens with one attached hydrogen (secondary N) is 1. The minimum atomic E-state index is -1.12. The third-order valence-corrected chi connectivity index (χ3v) is 4.76. The number of rotatable bonds is 2. The molecule has 0 fully saturated rings. The molecule has 2 aromatic rings. The van der Waals surface area contributed by atoms with E-state index >= 15 is 0 Å². The minimum Gasteiger partial charge on any atom is -0.545 e. The maximum absolute atomic E-state index is 11.1. The molecule has 22 heavy (non-hydrogen) atoms. The van der Waals surface area contributed by atoms with Gasteiger partial charge in [-0.3, -0.25) is 0 Å². The largest absolute Gasteiger partial charge is 0.545 e. The molecule has 4 rings (SSSR count). The highest BCUT2D eigenvalue weighted by Crippen LogP contribution is 2.49. The topological polar surface area (TPSA) is 52.2 Å². The molecule has 3 heteroatoms. The van der Waals surface area contributed by atoms with Crippen LogP contribution in [-0.4, -0.2) is 5.97 Å². The monoisotopic (exact) mass is 290 g/mol. The molecule has 1 aliphatic carbocycles. The van der Waals surface area contributed by atoms with E-state index in [2.05, 4.69) is 41.7 Å². The predicted octanol–water partition coefficient (Wildman–Crippen LogP) is 2.88. The Balaban J connectivity index is 1.79. The van der Waals surface area contributed by atoms with Gasteiger partial charge in [-0.2, -0.15) is 0 Å². The summed E-state index contributed by atoms with van der Waals surface area (Å²) in [5, 5.41) is 14.7. The number of hydrogen-bond donors (Lipinski definition) is 1. The van der Waals surface area contributed by atoms with E-state index in [-0.39, 0.29) is 17.5 Å². The van der Waals surface area contributed by atoms with E-state index in [0.717, 1.165) is 17.7 Å². The van der Waals surface area contributed by atoms with E-state index in [1.54, 1.807) is 12.1 Å². The molecule has 0 unspecified atom stereocenters. The molecule has 1 heterocycles. The molecule has 110 valence electrons. The van der Waals surface area contributed by atoms with Crippen molar-refractivity contribution in [1.82, 2.24) is 0 Å². The molecule has 3 nitrogen and oxygen atoms in total. The van der Waals surface area contributed by atoms with Gasteiger partial charge in [-0.05, 0) is 41.2 Å². The van der Waals surface area contributed by atoms with Gasteiger partial charge in [0.05, 0.1) is 12.0 Å². The summed E-state index contributed by atoms with van der Waals surface area (Å²) in [6.07, 6.45) is 5.42. The van der Waals surface area contributed by atoms with Crippen molar-refractivity contribution in [3.63, 3.8) is 0 Å². The normalized spacial score (nSPS) is 25.2. The van der Waals surface area contributed by atoms with Crippen LogP contribution in [0.15, 0.2) is 60.7 Å². The third kappa shape index (κ3) is 2.01. The van der Waals surface area contributed by atoms with Gasteiger partial charge in [0.15, 0.2) is 0 Å². The maximum Gasteiger partial charge on any atom is 0.0715 e. The summed E-state index contributed by atoms with van der Waals surface area (Å²) in [6, 6.07) is 15.9. The molecule has 0 bridgehead atoms. The van der Waals surface area contributed by atoms with Crippen LogP contribution < -0.4 is 10.4 Å². The molecule has 2 aliphatic rings. The average Bonchev–Trinajstić information content (AvgIpc) is 3.04. The van der Waals surface area contributed by atoms with E-state index in [0.29, 0.717) is 5.92 Å².